The molecule has 0 aliphatic rings. The fourth-order valence-electron chi connectivity index (χ4n) is 1.20. The Morgan fingerprint density at radius 1 is 1.24 bits per heavy atom. The van der Waals surface area contributed by atoms with E-state index in [1.807, 2.05) is 6.92 Å². The minimum atomic E-state index is -4.81. The molecule has 0 atom stereocenters. The lowest BCUT2D eigenvalue weighted by Crippen LogP contribution is -2.18. The van der Waals surface area contributed by atoms with Gasteiger partial charge in [-0.2, -0.15) is 0 Å². The summed E-state index contributed by atoms with van der Waals surface area (Å²) >= 11 is 11.4. The van der Waals surface area contributed by atoms with Gasteiger partial charge in [0.05, 0.1) is 10.0 Å². The first-order valence-corrected chi connectivity index (χ1v) is 5.53. The van der Waals surface area contributed by atoms with E-state index in [9.17, 15) is 13.2 Å². The topological polar surface area (TPSA) is 21.3 Å². The van der Waals surface area contributed by atoms with Crippen LogP contribution in [0.15, 0.2) is 12.1 Å². The van der Waals surface area contributed by atoms with Gasteiger partial charge < -0.3 is 10.1 Å². The SMILES string of the molecule is CCNCc1cc(Cl)c(OC(F)(F)F)c(Cl)c1. The standard InChI is InChI=1S/C10H10Cl2F3NO/c1-2-16-5-6-3-7(11)9(8(12)4-6)17-10(13,14)15/h3-4,16H,2,5H2,1H3. The van der Waals surface area contributed by atoms with Crippen molar-refractivity contribution in [2.45, 2.75) is 19.8 Å². The first kappa shape index (κ1) is 14.4. The molecule has 0 amide bonds. The lowest BCUT2D eigenvalue weighted by atomic mass is 10.2. The summed E-state index contributed by atoms with van der Waals surface area (Å²) in [4.78, 5) is 0. The van der Waals surface area contributed by atoms with Crippen LogP contribution in [0.5, 0.6) is 5.75 Å². The predicted octanol–water partition coefficient (Wildman–Crippen LogP) is 4.00. The monoisotopic (exact) mass is 287 g/mol. The molecule has 0 aliphatic carbocycles. The maximum absolute atomic E-state index is 12.1. The second-order valence-corrected chi connectivity index (χ2v) is 4.03. The molecule has 0 aliphatic heterocycles. The Kier molecular flexibility index (Phi) is 4.91. The highest BCUT2D eigenvalue weighted by atomic mass is 35.5. The van der Waals surface area contributed by atoms with Crippen molar-refractivity contribution in [2.24, 2.45) is 0 Å². The van der Waals surface area contributed by atoms with Crippen LogP contribution in [0, 0.1) is 0 Å². The summed E-state index contributed by atoms with van der Waals surface area (Å²) in [7, 11) is 0. The average Bonchev–Trinajstić information content (AvgIpc) is 2.19. The fraction of sp³-hybridized carbons (Fsp3) is 0.400. The lowest BCUT2D eigenvalue weighted by molar-refractivity contribution is -0.274. The molecule has 0 heterocycles. The Labute approximate surface area is 107 Å². The summed E-state index contributed by atoms with van der Waals surface area (Å²) in [5, 5.41) is 2.68. The van der Waals surface area contributed by atoms with Gasteiger partial charge in [-0.05, 0) is 24.2 Å². The second-order valence-electron chi connectivity index (χ2n) is 3.22. The van der Waals surface area contributed by atoms with Gasteiger partial charge in [0.1, 0.15) is 0 Å². The van der Waals surface area contributed by atoms with Gasteiger partial charge >= 0.3 is 6.36 Å². The third-order valence-corrected chi connectivity index (χ3v) is 2.42. The number of nitrogens with one attached hydrogen (secondary N) is 1. The summed E-state index contributed by atoms with van der Waals surface area (Å²) in [6.45, 7) is 3.11. The normalized spacial score (nSPS) is 11.6. The summed E-state index contributed by atoms with van der Waals surface area (Å²) in [5.41, 5.74) is 0.691. The average molecular weight is 288 g/mol. The van der Waals surface area contributed by atoms with Gasteiger partial charge in [0.25, 0.3) is 0 Å². The van der Waals surface area contributed by atoms with Crippen LogP contribution in [0.4, 0.5) is 13.2 Å². The first-order valence-electron chi connectivity index (χ1n) is 4.78. The molecule has 0 aromatic heterocycles. The molecule has 17 heavy (non-hydrogen) atoms. The maximum Gasteiger partial charge on any atom is 0.573 e. The minimum Gasteiger partial charge on any atom is -0.403 e. The highest BCUT2D eigenvalue weighted by Gasteiger charge is 2.33. The smallest absolute Gasteiger partial charge is 0.403 e. The van der Waals surface area contributed by atoms with Crippen molar-refractivity contribution in [3.63, 3.8) is 0 Å². The highest BCUT2D eigenvalue weighted by molar-refractivity contribution is 6.37. The highest BCUT2D eigenvalue weighted by Crippen LogP contribution is 2.37. The van der Waals surface area contributed by atoms with E-state index in [4.69, 9.17) is 23.2 Å². The second kappa shape index (κ2) is 5.80. The van der Waals surface area contributed by atoms with Crippen LogP contribution in [0.25, 0.3) is 0 Å². The van der Waals surface area contributed by atoms with E-state index in [1.54, 1.807) is 0 Å². The Morgan fingerprint density at radius 3 is 2.18 bits per heavy atom. The molecule has 0 radical (unpaired) electrons. The van der Waals surface area contributed by atoms with Crippen LogP contribution in [0.1, 0.15) is 12.5 Å². The molecule has 0 saturated carbocycles. The van der Waals surface area contributed by atoms with Crippen molar-refractivity contribution in [2.75, 3.05) is 6.54 Å². The van der Waals surface area contributed by atoms with Crippen molar-refractivity contribution >= 4 is 23.2 Å². The summed E-state index contributed by atoms with van der Waals surface area (Å²) in [5.74, 6) is -0.568. The van der Waals surface area contributed by atoms with Gasteiger partial charge in [0.15, 0.2) is 5.75 Å². The largest absolute Gasteiger partial charge is 0.573 e. The van der Waals surface area contributed by atoms with Gasteiger partial charge in [-0.1, -0.05) is 30.1 Å². The van der Waals surface area contributed by atoms with E-state index >= 15 is 0 Å². The minimum absolute atomic E-state index is 0.164. The molecule has 0 unspecified atom stereocenters. The Bertz CT molecular complexity index is 373. The molecule has 7 heteroatoms. The molecule has 0 spiro atoms. The summed E-state index contributed by atoms with van der Waals surface area (Å²) in [6, 6.07) is 2.77. The van der Waals surface area contributed by atoms with Crippen molar-refractivity contribution in [3.8, 4) is 5.75 Å². The molecule has 0 saturated heterocycles. The number of halogens is 5. The van der Waals surface area contributed by atoms with Gasteiger partial charge in [-0.15, -0.1) is 13.2 Å². The number of benzene rings is 1. The van der Waals surface area contributed by atoms with Crippen LogP contribution >= 0.6 is 23.2 Å². The Balaban J connectivity index is 2.94. The van der Waals surface area contributed by atoms with Crippen molar-refractivity contribution in [3.05, 3.63) is 27.7 Å². The van der Waals surface area contributed by atoms with Crippen molar-refractivity contribution in [1.82, 2.24) is 5.32 Å². The molecular formula is C10H10Cl2F3NO. The quantitative estimate of drug-likeness (QED) is 0.904. The molecule has 1 rings (SSSR count). The molecule has 1 aromatic rings. The summed E-state index contributed by atoms with van der Waals surface area (Å²) in [6.07, 6.45) is -4.81. The zero-order valence-corrected chi connectivity index (χ0v) is 10.4. The zero-order valence-electron chi connectivity index (χ0n) is 8.87. The van der Waals surface area contributed by atoms with E-state index in [0.717, 1.165) is 6.54 Å². The number of ether oxygens (including phenoxy) is 1. The lowest BCUT2D eigenvalue weighted by Gasteiger charge is -2.13. The first-order chi connectivity index (χ1) is 7.83. The van der Waals surface area contributed by atoms with E-state index in [-0.39, 0.29) is 10.0 Å². The van der Waals surface area contributed by atoms with Crippen LogP contribution in [-0.2, 0) is 6.54 Å². The number of rotatable bonds is 4. The Morgan fingerprint density at radius 2 is 1.76 bits per heavy atom. The van der Waals surface area contributed by atoms with E-state index < -0.39 is 12.1 Å². The van der Waals surface area contributed by atoms with Crippen LogP contribution < -0.4 is 10.1 Å². The summed E-state index contributed by atoms with van der Waals surface area (Å²) < 4.78 is 39.9. The number of hydrogen-bond acceptors (Lipinski definition) is 2. The third-order valence-electron chi connectivity index (χ3n) is 1.85. The van der Waals surface area contributed by atoms with Gasteiger partial charge in [-0.25, -0.2) is 0 Å². The van der Waals surface area contributed by atoms with Gasteiger partial charge in [-0.3, -0.25) is 0 Å². The third kappa shape index (κ3) is 4.61. The van der Waals surface area contributed by atoms with E-state index in [1.165, 1.54) is 12.1 Å². The van der Waals surface area contributed by atoms with Gasteiger partial charge in [0, 0.05) is 6.54 Å². The maximum atomic E-state index is 12.1. The molecule has 0 fully saturated rings. The Hall–Kier alpha value is -0.650. The molecular weight excluding hydrogens is 278 g/mol. The molecule has 0 bridgehead atoms. The predicted molar refractivity (Wildman–Crippen MR) is 60.5 cm³/mol. The van der Waals surface area contributed by atoms with Gasteiger partial charge in [0.2, 0.25) is 0 Å². The van der Waals surface area contributed by atoms with Crippen molar-refractivity contribution < 1.29 is 17.9 Å². The number of alkyl halides is 3. The zero-order chi connectivity index (χ0) is 13.1. The molecule has 2 nitrogen and oxygen atoms in total. The van der Waals surface area contributed by atoms with Crippen molar-refractivity contribution in [1.29, 1.82) is 0 Å². The van der Waals surface area contributed by atoms with Crippen LogP contribution in [0.2, 0.25) is 10.0 Å². The molecule has 96 valence electrons. The molecule has 1 N–H and O–H groups in total. The fourth-order valence-corrected chi connectivity index (χ4v) is 1.81. The number of hydrogen-bond donors (Lipinski definition) is 1. The molecule has 1 aromatic carbocycles. The van der Waals surface area contributed by atoms with Crippen LogP contribution in [-0.4, -0.2) is 12.9 Å². The van der Waals surface area contributed by atoms with Crippen LogP contribution in [0.3, 0.4) is 0 Å². The van der Waals surface area contributed by atoms with E-state index in [0.29, 0.717) is 12.1 Å². The van der Waals surface area contributed by atoms with E-state index in [2.05, 4.69) is 10.1 Å².